The third-order valence-electron chi connectivity index (χ3n) is 7.71. The van der Waals surface area contributed by atoms with Gasteiger partial charge in [-0.1, -0.05) is 39.0 Å². The predicted molar refractivity (Wildman–Crippen MR) is 152 cm³/mol. The topological polar surface area (TPSA) is 57.2 Å². The second-order valence-electron chi connectivity index (χ2n) is 11.4. The first-order chi connectivity index (χ1) is 17.6. The minimum atomic E-state index is -2.06. The molecular weight excluding hydrogens is 502 g/mol. The molecule has 6 nitrogen and oxygen atoms in total. The van der Waals surface area contributed by atoms with Crippen LogP contribution in [0.4, 0.5) is 5.69 Å². The highest BCUT2D eigenvalue weighted by atomic mass is 32.2. The molecule has 3 atom stereocenters. The lowest BCUT2D eigenvalue weighted by Crippen LogP contribution is -2.51. The van der Waals surface area contributed by atoms with Crippen LogP contribution in [0.15, 0.2) is 53.4 Å². The number of ether oxygens (including phenoxy) is 3. The first-order valence-electron chi connectivity index (χ1n) is 13.1. The Morgan fingerprint density at radius 3 is 2.51 bits per heavy atom. The number of carbonyl (C=O) groups is 1. The summed E-state index contributed by atoms with van der Waals surface area (Å²) in [5.74, 6) is 0.927. The molecule has 1 fully saturated rings. The van der Waals surface area contributed by atoms with Crippen molar-refractivity contribution in [2.24, 2.45) is 0 Å². The lowest BCUT2D eigenvalue weighted by atomic mass is 10.0. The van der Waals surface area contributed by atoms with Gasteiger partial charge in [0.15, 0.2) is 15.1 Å². The number of hydrogen-bond donors (Lipinski definition) is 0. The fraction of sp³-hybridized carbons (Fsp3) is 0.552. The zero-order valence-electron chi connectivity index (χ0n) is 23.0. The highest BCUT2D eigenvalue weighted by Crippen LogP contribution is 2.45. The lowest BCUT2D eigenvalue weighted by Gasteiger charge is -2.42. The molecule has 2 heterocycles. The van der Waals surface area contributed by atoms with Crippen molar-refractivity contribution in [3.8, 4) is 5.75 Å². The molecule has 8 heteroatoms. The number of benzene rings is 2. The zero-order valence-corrected chi connectivity index (χ0v) is 24.8. The molecule has 0 aromatic heterocycles. The third kappa shape index (κ3) is 6.78. The van der Waals surface area contributed by atoms with Crippen molar-refractivity contribution >= 4 is 31.7 Å². The van der Waals surface area contributed by atoms with Gasteiger partial charge >= 0.3 is 0 Å². The Kier molecular flexibility index (Phi) is 9.07. The second-order valence-corrected chi connectivity index (χ2v) is 17.5. The summed E-state index contributed by atoms with van der Waals surface area (Å²) in [6.45, 7) is 12.6. The molecule has 0 aliphatic carbocycles. The van der Waals surface area contributed by atoms with Crippen LogP contribution in [0.5, 0.6) is 5.75 Å². The smallest absolute Gasteiger partial charge is 0.228 e. The molecule has 0 N–H and O–H groups in total. The number of rotatable bonds is 10. The molecule has 1 amide bonds. The first-order valence-corrected chi connectivity index (χ1v) is 16.9. The van der Waals surface area contributed by atoms with Crippen molar-refractivity contribution < 1.29 is 23.4 Å². The van der Waals surface area contributed by atoms with Crippen LogP contribution in [-0.4, -0.2) is 58.7 Å². The number of anilines is 1. The Morgan fingerprint density at radius 1 is 1.05 bits per heavy atom. The molecule has 202 valence electrons. The van der Waals surface area contributed by atoms with Gasteiger partial charge in [-0.3, -0.25) is 4.79 Å². The van der Waals surface area contributed by atoms with E-state index in [9.17, 15) is 4.79 Å². The van der Waals surface area contributed by atoms with Gasteiger partial charge in [-0.15, -0.1) is 11.8 Å². The van der Waals surface area contributed by atoms with Crippen molar-refractivity contribution in [2.45, 2.75) is 80.5 Å². The van der Waals surface area contributed by atoms with Gasteiger partial charge in [0.2, 0.25) is 5.91 Å². The van der Waals surface area contributed by atoms with Crippen LogP contribution >= 0.6 is 11.8 Å². The third-order valence-corrected chi connectivity index (χ3v) is 13.4. The van der Waals surface area contributed by atoms with Crippen LogP contribution in [0.1, 0.15) is 39.2 Å². The van der Waals surface area contributed by atoms with Crippen LogP contribution in [0.25, 0.3) is 0 Å². The van der Waals surface area contributed by atoms with Crippen molar-refractivity contribution in [1.82, 2.24) is 0 Å². The van der Waals surface area contributed by atoms with Crippen LogP contribution in [0.2, 0.25) is 18.1 Å². The molecule has 2 aliphatic heterocycles. The summed E-state index contributed by atoms with van der Waals surface area (Å²) in [6.07, 6.45) is 2.09. The average Bonchev–Trinajstić information content (AvgIpc) is 3.17. The summed E-state index contributed by atoms with van der Waals surface area (Å²) in [5, 5.41) is 0.261. The van der Waals surface area contributed by atoms with E-state index < -0.39 is 8.32 Å². The van der Waals surface area contributed by atoms with Gasteiger partial charge in [0, 0.05) is 29.4 Å². The fourth-order valence-corrected chi connectivity index (χ4v) is 7.30. The lowest BCUT2D eigenvalue weighted by molar-refractivity contribution is -0.118. The molecule has 4 rings (SSSR count). The second kappa shape index (κ2) is 11.9. The Hall–Kier alpha value is -1.84. The first kappa shape index (κ1) is 28.2. The number of methoxy groups -OCH3 is 1. The van der Waals surface area contributed by atoms with Crippen molar-refractivity contribution in [3.05, 3.63) is 54.1 Å². The molecule has 0 unspecified atom stereocenters. The number of nitrogens with zero attached hydrogens (tertiary/aromatic N) is 1. The Balaban J connectivity index is 1.57. The van der Waals surface area contributed by atoms with E-state index in [0.29, 0.717) is 19.6 Å². The number of fused-ring (bicyclic) bond motifs is 3. The van der Waals surface area contributed by atoms with Crippen LogP contribution < -0.4 is 9.64 Å². The van der Waals surface area contributed by atoms with E-state index in [1.807, 2.05) is 23.1 Å². The number of thioether (sulfide) groups is 1. The maximum atomic E-state index is 13.7. The van der Waals surface area contributed by atoms with Crippen LogP contribution in [0.3, 0.4) is 0 Å². The largest absolute Gasteiger partial charge is 0.468 e. The summed E-state index contributed by atoms with van der Waals surface area (Å²) in [6, 6.07) is 16.4. The van der Waals surface area contributed by atoms with E-state index in [0.717, 1.165) is 29.8 Å². The number of amides is 1. The van der Waals surface area contributed by atoms with E-state index in [4.69, 9.17) is 18.6 Å². The molecule has 0 radical (unpaired) electrons. The molecule has 0 saturated carbocycles. The molecule has 2 aromatic rings. The molecule has 37 heavy (non-hydrogen) atoms. The van der Waals surface area contributed by atoms with Crippen molar-refractivity contribution in [1.29, 1.82) is 0 Å². The van der Waals surface area contributed by atoms with Gasteiger partial charge in [0.1, 0.15) is 5.75 Å². The van der Waals surface area contributed by atoms with E-state index in [1.165, 1.54) is 4.90 Å². The summed E-state index contributed by atoms with van der Waals surface area (Å²) >= 11 is 1.80. The molecule has 2 aliphatic rings. The van der Waals surface area contributed by atoms with E-state index in [-0.39, 0.29) is 35.1 Å². The van der Waals surface area contributed by atoms with Gasteiger partial charge in [-0.05, 0) is 66.9 Å². The van der Waals surface area contributed by atoms with Gasteiger partial charge in [-0.25, -0.2) is 0 Å². The van der Waals surface area contributed by atoms with Crippen molar-refractivity contribution in [3.63, 3.8) is 0 Å². The maximum absolute atomic E-state index is 13.7. The van der Waals surface area contributed by atoms with Crippen LogP contribution in [-0.2, 0) is 25.1 Å². The SMILES string of the molecule is COCCOCOc1ccc2c(c1)C[C@H]1[C@@H](O[Si](C)(C)C(C)(C)C)C[C@H](Sc3ccccc3)CC(=O)N21. The highest BCUT2D eigenvalue weighted by Gasteiger charge is 2.47. The van der Waals surface area contributed by atoms with Crippen molar-refractivity contribution in [2.75, 3.05) is 32.0 Å². The Bertz CT molecular complexity index is 1060. The zero-order chi connectivity index (χ0) is 26.6. The summed E-state index contributed by atoms with van der Waals surface area (Å²) in [7, 11) is -0.413. The Morgan fingerprint density at radius 2 is 1.81 bits per heavy atom. The van der Waals surface area contributed by atoms with Gasteiger partial charge in [-0.2, -0.15) is 0 Å². The van der Waals surface area contributed by atoms with E-state index in [2.05, 4.69) is 64.2 Å². The summed E-state index contributed by atoms with van der Waals surface area (Å²) in [5.41, 5.74) is 2.11. The molecule has 0 spiro atoms. The van der Waals surface area contributed by atoms with E-state index >= 15 is 0 Å². The van der Waals surface area contributed by atoms with Gasteiger partial charge in [0.25, 0.3) is 0 Å². The standard InChI is InChI=1S/C29H41NO5SSi/c1-29(2,3)37(5,6)35-27-18-24(36-23-10-8-7-9-11-23)19-28(31)30-25-13-12-22(16-21(25)17-26(27)30)34-20-33-15-14-32-4/h7-13,16,24,26-27H,14-15,17-20H2,1-6H3/t24-,26-,27-/m0/s1. The average molecular weight is 544 g/mol. The van der Waals surface area contributed by atoms with Gasteiger partial charge < -0.3 is 23.5 Å². The summed E-state index contributed by atoms with van der Waals surface area (Å²) < 4.78 is 23.4. The predicted octanol–water partition coefficient (Wildman–Crippen LogP) is 6.29. The normalized spacial score (nSPS) is 21.9. The number of carbonyl (C=O) groups excluding carboxylic acids is 1. The van der Waals surface area contributed by atoms with E-state index in [1.54, 1.807) is 18.9 Å². The molecule has 0 bridgehead atoms. The quantitative estimate of drug-likeness (QED) is 0.199. The summed E-state index contributed by atoms with van der Waals surface area (Å²) in [4.78, 5) is 17.0. The number of hydrogen-bond acceptors (Lipinski definition) is 6. The minimum absolute atomic E-state index is 0.00815. The van der Waals surface area contributed by atoms with Gasteiger partial charge in [0.05, 0.1) is 25.4 Å². The fourth-order valence-electron chi connectivity index (χ4n) is 4.73. The molecule has 1 saturated heterocycles. The monoisotopic (exact) mass is 543 g/mol. The molecular formula is C29H41NO5SSi. The highest BCUT2D eigenvalue weighted by molar-refractivity contribution is 8.00. The molecule has 2 aromatic carbocycles. The minimum Gasteiger partial charge on any atom is -0.468 e. The maximum Gasteiger partial charge on any atom is 0.228 e. The van der Waals surface area contributed by atoms with Crippen LogP contribution in [0, 0.1) is 0 Å². The Labute approximate surface area is 227 Å².